The molecule has 20 heavy (non-hydrogen) atoms. The lowest BCUT2D eigenvalue weighted by atomic mass is 10.1. The summed E-state index contributed by atoms with van der Waals surface area (Å²) in [6.07, 6.45) is 5.27. The van der Waals surface area contributed by atoms with Crippen molar-refractivity contribution in [1.82, 2.24) is 10.0 Å². The molecule has 0 atom stereocenters. The summed E-state index contributed by atoms with van der Waals surface area (Å²) in [7, 11) is -3.74. The van der Waals surface area contributed by atoms with E-state index in [-0.39, 0.29) is 5.09 Å². The lowest BCUT2D eigenvalue weighted by molar-refractivity contribution is 0.391. The molecular formula is C14H22N2O3S. The Kier molecular flexibility index (Phi) is 5.40. The fourth-order valence-electron chi connectivity index (χ4n) is 1.50. The average Bonchev–Trinajstić information content (AvgIpc) is 2.77. The first-order valence-electron chi connectivity index (χ1n) is 6.47. The third kappa shape index (κ3) is 5.00. The molecule has 0 spiro atoms. The highest BCUT2D eigenvalue weighted by Crippen LogP contribution is 2.16. The first-order valence-corrected chi connectivity index (χ1v) is 7.96. The van der Waals surface area contributed by atoms with E-state index in [0.717, 1.165) is 6.54 Å². The van der Waals surface area contributed by atoms with Gasteiger partial charge in [0.25, 0.3) is 10.0 Å². The quantitative estimate of drug-likeness (QED) is 0.752. The van der Waals surface area contributed by atoms with Crippen LogP contribution in [0.4, 0.5) is 0 Å². The van der Waals surface area contributed by atoms with Crippen molar-refractivity contribution in [3.05, 3.63) is 17.9 Å². The number of hydrogen-bond donors (Lipinski definition) is 2. The molecule has 2 N–H and O–H groups in total. The van der Waals surface area contributed by atoms with Crippen molar-refractivity contribution in [2.24, 2.45) is 5.92 Å². The molecule has 0 aliphatic carbocycles. The van der Waals surface area contributed by atoms with Crippen LogP contribution in [0, 0.1) is 18.3 Å². The monoisotopic (exact) mass is 298 g/mol. The zero-order valence-corrected chi connectivity index (χ0v) is 13.2. The molecule has 0 radical (unpaired) electrons. The zero-order chi connectivity index (χ0) is 15.4. The molecule has 0 aromatic carbocycles. The van der Waals surface area contributed by atoms with Gasteiger partial charge in [-0.1, -0.05) is 19.8 Å². The van der Waals surface area contributed by atoms with Crippen molar-refractivity contribution in [3.8, 4) is 12.3 Å². The Labute approximate surface area is 121 Å². The fourth-order valence-corrected chi connectivity index (χ4v) is 2.79. The van der Waals surface area contributed by atoms with E-state index in [1.165, 1.54) is 6.07 Å². The van der Waals surface area contributed by atoms with E-state index in [4.69, 9.17) is 10.8 Å². The molecular weight excluding hydrogens is 276 g/mol. The highest BCUT2D eigenvalue weighted by atomic mass is 32.2. The van der Waals surface area contributed by atoms with E-state index in [2.05, 4.69) is 29.8 Å². The Morgan fingerprint density at radius 3 is 2.60 bits per heavy atom. The van der Waals surface area contributed by atoms with Crippen molar-refractivity contribution in [3.63, 3.8) is 0 Å². The normalized spacial score (nSPS) is 12.6. The summed E-state index contributed by atoms with van der Waals surface area (Å²) in [4.78, 5) is 0. The fraction of sp³-hybridized carbons (Fsp3) is 0.571. The van der Waals surface area contributed by atoms with Gasteiger partial charge in [-0.2, -0.15) is 4.72 Å². The van der Waals surface area contributed by atoms with E-state index < -0.39 is 15.6 Å². The predicted octanol–water partition coefficient (Wildman–Crippen LogP) is 1.72. The van der Waals surface area contributed by atoms with Crippen molar-refractivity contribution in [2.75, 3.05) is 6.54 Å². The van der Waals surface area contributed by atoms with Crippen molar-refractivity contribution in [2.45, 2.75) is 44.9 Å². The molecule has 0 fully saturated rings. The maximum atomic E-state index is 12.1. The summed E-state index contributed by atoms with van der Waals surface area (Å²) in [5.74, 6) is 3.47. The van der Waals surface area contributed by atoms with Crippen molar-refractivity contribution >= 4 is 10.0 Å². The summed E-state index contributed by atoms with van der Waals surface area (Å²) in [6.45, 7) is 8.74. The standard InChI is InChI=1S/C14H22N2O3S/c1-6-14(4,5)16-20(17,18)13-8-7-12(19-13)10-15-9-11(2)3/h1,7-8,11,15-16H,9-10H2,2-5H3. The lowest BCUT2D eigenvalue weighted by Gasteiger charge is -2.18. The first kappa shape index (κ1) is 16.8. The number of sulfonamides is 1. The Morgan fingerprint density at radius 1 is 1.40 bits per heavy atom. The number of hydrogen-bond acceptors (Lipinski definition) is 4. The van der Waals surface area contributed by atoms with Gasteiger partial charge < -0.3 is 9.73 Å². The minimum atomic E-state index is -3.74. The number of furan rings is 1. The van der Waals surface area contributed by atoms with Crippen molar-refractivity contribution < 1.29 is 12.8 Å². The van der Waals surface area contributed by atoms with Crippen LogP contribution in [0.3, 0.4) is 0 Å². The maximum Gasteiger partial charge on any atom is 0.275 e. The maximum absolute atomic E-state index is 12.1. The Morgan fingerprint density at radius 2 is 2.05 bits per heavy atom. The molecule has 1 rings (SSSR count). The van der Waals surface area contributed by atoms with Crippen LogP contribution in [-0.2, 0) is 16.6 Å². The van der Waals surface area contributed by atoms with Crippen molar-refractivity contribution in [1.29, 1.82) is 0 Å². The second-order valence-electron chi connectivity index (χ2n) is 5.62. The Hall–Kier alpha value is -1.29. The smallest absolute Gasteiger partial charge is 0.275 e. The summed E-state index contributed by atoms with van der Waals surface area (Å²) in [6, 6.07) is 3.08. The van der Waals surface area contributed by atoms with E-state index in [9.17, 15) is 8.42 Å². The Balaban J connectivity index is 2.74. The second-order valence-corrected chi connectivity index (χ2v) is 7.23. The van der Waals surface area contributed by atoms with Gasteiger partial charge >= 0.3 is 0 Å². The molecule has 0 unspecified atom stereocenters. The van der Waals surface area contributed by atoms with Crippen LogP contribution in [0.25, 0.3) is 0 Å². The summed E-state index contributed by atoms with van der Waals surface area (Å²) in [5, 5.41) is 3.06. The molecule has 5 nitrogen and oxygen atoms in total. The minimum Gasteiger partial charge on any atom is -0.447 e. The Bertz CT molecular complexity index is 580. The van der Waals surface area contributed by atoms with Gasteiger partial charge in [-0.15, -0.1) is 6.42 Å². The van der Waals surface area contributed by atoms with E-state index in [1.807, 2.05) is 0 Å². The van der Waals surface area contributed by atoms with Gasteiger partial charge in [0, 0.05) is 0 Å². The zero-order valence-electron chi connectivity index (χ0n) is 12.4. The average molecular weight is 298 g/mol. The number of rotatable bonds is 7. The largest absolute Gasteiger partial charge is 0.447 e. The SMILES string of the molecule is C#CC(C)(C)NS(=O)(=O)c1ccc(CNCC(C)C)o1. The molecule has 0 saturated heterocycles. The first-order chi connectivity index (χ1) is 9.16. The van der Waals surface area contributed by atoms with E-state index in [0.29, 0.717) is 18.2 Å². The molecule has 112 valence electrons. The van der Waals surface area contributed by atoms with Gasteiger partial charge in [0.15, 0.2) is 0 Å². The van der Waals surface area contributed by atoms with Gasteiger partial charge in [-0.25, -0.2) is 8.42 Å². The second kappa shape index (κ2) is 6.44. The predicted molar refractivity (Wildman–Crippen MR) is 78.5 cm³/mol. The summed E-state index contributed by atoms with van der Waals surface area (Å²) < 4.78 is 31.9. The van der Waals surface area contributed by atoms with E-state index >= 15 is 0 Å². The van der Waals surface area contributed by atoms with Gasteiger partial charge in [-0.3, -0.25) is 0 Å². The van der Waals surface area contributed by atoms with Crippen LogP contribution in [-0.4, -0.2) is 20.5 Å². The topological polar surface area (TPSA) is 71.3 Å². The molecule has 0 aliphatic rings. The number of terminal acetylenes is 1. The van der Waals surface area contributed by atoms with Crippen LogP contribution in [0.2, 0.25) is 0 Å². The molecule has 0 amide bonds. The molecule has 0 bridgehead atoms. The van der Waals surface area contributed by atoms with Crippen LogP contribution >= 0.6 is 0 Å². The molecule has 0 aliphatic heterocycles. The molecule has 1 aromatic heterocycles. The lowest BCUT2D eigenvalue weighted by Crippen LogP contribution is -2.41. The molecule has 1 aromatic rings. The molecule has 0 saturated carbocycles. The summed E-state index contributed by atoms with van der Waals surface area (Å²) >= 11 is 0. The third-order valence-corrected chi connectivity index (χ3v) is 4.03. The third-order valence-electron chi connectivity index (χ3n) is 2.50. The van der Waals surface area contributed by atoms with E-state index in [1.54, 1.807) is 19.9 Å². The van der Waals surface area contributed by atoms with Crippen LogP contribution in [0.5, 0.6) is 0 Å². The number of nitrogens with one attached hydrogen (secondary N) is 2. The minimum absolute atomic E-state index is 0.123. The van der Waals surface area contributed by atoms with Crippen LogP contribution < -0.4 is 10.0 Å². The highest BCUT2D eigenvalue weighted by Gasteiger charge is 2.26. The van der Waals surface area contributed by atoms with Gasteiger partial charge in [-0.05, 0) is 38.4 Å². The molecule has 1 heterocycles. The highest BCUT2D eigenvalue weighted by molar-refractivity contribution is 7.89. The summed E-state index contributed by atoms with van der Waals surface area (Å²) in [5.41, 5.74) is -0.957. The van der Waals surface area contributed by atoms with Crippen LogP contribution in [0.15, 0.2) is 21.6 Å². The molecule has 6 heteroatoms. The van der Waals surface area contributed by atoms with Crippen LogP contribution in [0.1, 0.15) is 33.5 Å². The van der Waals surface area contributed by atoms with Gasteiger partial charge in [0.2, 0.25) is 5.09 Å². The van der Waals surface area contributed by atoms with Gasteiger partial charge in [0.05, 0.1) is 12.1 Å². The van der Waals surface area contributed by atoms with Gasteiger partial charge in [0.1, 0.15) is 5.76 Å².